The summed E-state index contributed by atoms with van der Waals surface area (Å²) in [6.45, 7) is 0.288. The molecule has 0 aromatic carbocycles. The molecule has 0 aliphatic rings. The van der Waals surface area contributed by atoms with Crippen LogP contribution in [-0.2, 0) is 10.0 Å². The second-order valence-corrected chi connectivity index (χ2v) is 5.23. The van der Waals surface area contributed by atoms with Gasteiger partial charge in [-0.25, -0.2) is 13.1 Å². The van der Waals surface area contributed by atoms with Crippen molar-refractivity contribution >= 4 is 21.4 Å². The maximum atomic E-state index is 11.4. The topological polar surface area (TPSA) is 46.2 Å². The van der Waals surface area contributed by atoms with Crippen LogP contribution in [0.15, 0.2) is 21.7 Å². The first-order chi connectivity index (χ1) is 6.17. The van der Waals surface area contributed by atoms with Gasteiger partial charge in [-0.3, -0.25) is 0 Å². The Labute approximate surface area is 81.8 Å². The second kappa shape index (κ2) is 4.42. The summed E-state index contributed by atoms with van der Waals surface area (Å²) in [7, 11) is -3.32. The van der Waals surface area contributed by atoms with E-state index in [1.54, 1.807) is 17.5 Å². The van der Waals surface area contributed by atoms with Crippen molar-refractivity contribution in [3.63, 3.8) is 0 Å². The molecule has 5 heteroatoms. The van der Waals surface area contributed by atoms with E-state index in [9.17, 15) is 8.42 Å². The summed E-state index contributed by atoms with van der Waals surface area (Å²) in [5.41, 5.74) is 0. The molecule has 0 spiro atoms. The Kier molecular flexibility index (Phi) is 3.48. The molecule has 70 valence electrons. The summed E-state index contributed by atoms with van der Waals surface area (Å²) in [4.78, 5) is 0. The van der Waals surface area contributed by atoms with Crippen LogP contribution in [0.2, 0.25) is 0 Å². The van der Waals surface area contributed by atoms with Crippen molar-refractivity contribution in [1.29, 1.82) is 0 Å². The molecule has 13 heavy (non-hydrogen) atoms. The fourth-order valence-corrected chi connectivity index (χ4v) is 2.81. The highest BCUT2D eigenvalue weighted by atomic mass is 32.2. The number of thiophene rings is 1. The lowest BCUT2D eigenvalue weighted by Gasteiger charge is -2.00. The van der Waals surface area contributed by atoms with Crippen LogP contribution in [-0.4, -0.2) is 15.0 Å². The van der Waals surface area contributed by atoms with Crippen molar-refractivity contribution in [2.75, 3.05) is 6.54 Å². The molecule has 0 amide bonds. The molecule has 1 aromatic heterocycles. The van der Waals surface area contributed by atoms with Gasteiger partial charge in [-0.1, -0.05) is 6.07 Å². The molecule has 1 N–H and O–H groups in total. The van der Waals surface area contributed by atoms with Crippen molar-refractivity contribution in [3.8, 4) is 12.3 Å². The van der Waals surface area contributed by atoms with Crippen molar-refractivity contribution in [2.45, 2.75) is 10.6 Å². The number of sulfonamides is 1. The van der Waals surface area contributed by atoms with E-state index in [-0.39, 0.29) is 6.54 Å². The first-order valence-corrected chi connectivity index (χ1v) is 6.00. The van der Waals surface area contributed by atoms with Crippen molar-refractivity contribution in [1.82, 2.24) is 4.72 Å². The van der Waals surface area contributed by atoms with Crippen LogP contribution in [0.3, 0.4) is 0 Å². The fraction of sp³-hybridized carbons (Fsp3) is 0.250. The van der Waals surface area contributed by atoms with E-state index in [0.717, 1.165) is 0 Å². The first-order valence-electron chi connectivity index (χ1n) is 3.63. The standard InChI is InChI=1S/C8H9NO2S2/c1-2-3-6-9-13(10,11)8-5-4-7-12-8/h1,4-5,7,9H,3,6H2. The zero-order chi connectivity index (χ0) is 9.73. The number of terminal acetylenes is 1. The molecular formula is C8H9NO2S2. The van der Waals surface area contributed by atoms with Gasteiger partial charge in [0.15, 0.2) is 0 Å². The molecule has 0 radical (unpaired) electrons. The van der Waals surface area contributed by atoms with Crippen LogP contribution in [0.1, 0.15) is 6.42 Å². The summed E-state index contributed by atoms with van der Waals surface area (Å²) in [5, 5.41) is 1.72. The van der Waals surface area contributed by atoms with Crippen LogP contribution in [0, 0.1) is 12.3 Å². The largest absolute Gasteiger partial charge is 0.250 e. The second-order valence-electron chi connectivity index (χ2n) is 2.28. The zero-order valence-electron chi connectivity index (χ0n) is 6.86. The molecule has 0 atom stereocenters. The smallest absolute Gasteiger partial charge is 0.209 e. The Hall–Kier alpha value is -0.830. The maximum Gasteiger partial charge on any atom is 0.250 e. The van der Waals surface area contributed by atoms with E-state index in [1.807, 2.05) is 0 Å². The van der Waals surface area contributed by atoms with E-state index < -0.39 is 10.0 Å². The Morgan fingerprint density at radius 3 is 2.92 bits per heavy atom. The highest BCUT2D eigenvalue weighted by molar-refractivity contribution is 7.91. The van der Waals surface area contributed by atoms with Gasteiger partial charge in [-0.15, -0.1) is 23.7 Å². The minimum Gasteiger partial charge on any atom is -0.209 e. The molecule has 0 saturated carbocycles. The average Bonchev–Trinajstić information content (AvgIpc) is 2.56. The number of nitrogens with one attached hydrogen (secondary N) is 1. The predicted octanol–water partition coefficient (Wildman–Crippen LogP) is 1.05. The molecule has 1 aromatic rings. The van der Waals surface area contributed by atoms with E-state index in [1.165, 1.54) is 11.3 Å². The van der Waals surface area contributed by atoms with Gasteiger partial charge < -0.3 is 0 Å². The zero-order valence-corrected chi connectivity index (χ0v) is 8.49. The Bertz CT molecular complexity index is 386. The predicted molar refractivity (Wildman–Crippen MR) is 53.0 cm³/mol. The highest BCUT2D eigenvalue weighted by Crippen LogP contribution is 2.14. The van der Waals surface area contributed by atoms with E-state index in [0.29, 0.717) is 10.6 Å². The van der Waals surface area contributed by atoms with E-state index in [4.69, 9.17) is 6.42 Å². The normalized spacial score (nSPS) is 11.0. The van der Waals surface area contributed by atoms with Crippen LogP contribution < -0.4 is 4.72 Å². The van der Waals surface area contributed by atoms with Gasteiger partial charge in [0.25, 0.3) is 0 Å². The molecule has 0 aliphatic heterocycles. The van der Waals surface area contributed by atoms with Crippen molar-refractivity contribution in [2.24, 2.45) is 0 Å². The molecule has 0 unspecified atom stereocenters. The molecule has 1 heterocycles. The molecule has 0 bridgehead atoms. The summed E-state index contributed by atoms with van der Waals surface area (Å²) in [6.07, 6.45) is 5.40. The van der Waals surface area contributed by atoms with Gasteiger partial charge in [0, 0.05) is 13.0 Å². The Balaban J connectivity index is 2.64. The molecule has 3 nitrogen and oxygen atoms in total. The van der Waals surface area contributed by atoms with Gasteiger partial charge in [0.1, 0.15) is 4.21 Å². The number of hydrogen-bond acceptors (Lipinski definition) is 3. The van der Waals surface area contributed by atoms with Gasteiger partial charge in [0.2, 0.25) is 10.0 Å². The van der Waals surface area contributed by atoms with E-state index in [2.05, 4.69) is 10.6 Å². The number of hydrogen-bond donors (Lipinski definition) is 1. The summed E-state index contributed by atoms with van der Waals surface area (Å²) < 4.78 is 25.5. The van der Waals surface area contributed by atoms with Crippen molar-refractivity contribution < 1.29 is 8.42 Å². The summed E-state index contributed by atoms with van der Waals surface area (Å²) in [5.74, 6) is 2.36. The highest BCUT2D eigenvalue weighted by Gasteiger charge is 2.12. The van der Waals surface area contributed by atoms with E-state index >= 15 is 0 Å². The first kappa shape index (κ1) is 10.3. The fourth-order valence-electron chi connectivity index (χ4n) is 0.745. The quantitative estimate of drug-likeness (QED) is 0.603. The van der Waals surface area contributed by atoms with Crippen LogP contribution in [0.5, 0.6) is 0 Å². The summed E-state index contributed by atoms with van der Waals surface area (Å²) >= 11 is 1.19. The third kappa shape index (κ3) is 2.84. The molecule has 0 aliphatic carbocycles. The average molecular weight is 215 g/mol. The minimum atomic E-state index is -3.32. The molecule has 0 saturated heterocycles. The monoisotopic (exact) mass is 215 g/mol. The van der Waals surface area contributed by atoms with Gasteiger partial charge in [-0.05, 0) is 11.4 Å². The van der Waals surface area contributed by atoms with Gasteiger partial charge in [0.05, 0.1) is 0 Å². The lowest BCUT2D eigenvalue weighted by atomic mass is 10.5. The van der Waals surface area contributed by atoms with Gasteiger partial charge in [-0.2, -0.15) is 0 Å². The Morgan fingerprint density at radius 2 is 2.38 bits per heavy atom. The van der Waals surface area contributed by atoms with Crippen LogP contribution in [0.25, 0.3) is 0 Å². The molecular weight excluding hydrogens is 206 g/mol. The number of rotatable bonds is 4. The third-order valence-electron chi connectivity index (χ3n) is 1.32. The third-order valence-corrected chi connectivity index (χ3v) is 4.18. The van der Waals surface area contributed by atoms with Crippen LogP contribution >= 0.6 is 11.3 Å². The van der Waals surface area contributed by atoms with Crippen molar-refractivity contribution in [3.05, 3.63) is 17.5 Å². The van der Waals surface area contributed by atoms with Gasteiger partial charge >= 0.3 is 0 Å². The molecule has 0 fully saturated rings. The summed E-state index contributed by atoms with van der Waals surface area (Å²) in [6, 6.07) is 3.25. The SMILES string of the molecule is C#CCCNS(=O)(=O)c1cccs1. The Morgan fingerprint density at radius 1 is 1.62 bits per heavy atom. The minimum absolute atomic E-state index is 0.288. The van der Waals surface area contributed by atoms with Crippen LogP contribution in [0.4, 0.5) is 0 Å². The molecule has 1 rings (SSSR count). The maximum absolute atomic E-state index is 11.4. The lowest BCUT2D eigenvalue weighted by molar-refractivity contribution is 0.584. The lowest BCUT2D eigenvalue weighted by Crippen LogP contribution is -2.23.